The Balaban J connectivity index is 2.15. The van der Waals surface area contributed by atoms with E-state index in [1.807, 2.05) is 0 Å². The minimum absolute atomic E-state index is 0.157. The molecule has 1 atom stereocenters. The van der Waals surface area contributed by atoms with E-state index in [0.29, 0.717) is 32.1 Å². The zero-order valence-corrected chi connectivity index (χ0v) is 12.0. The van der Waals surface area contributed by atoms with Crippen molar-refractivity contribution < 1.29 is 29.1 Å². The van der Waals surface area contributed by atoms with Gasteiger partial charge >= 0.3 is 5.97 Å². The van der Waals surface area contributed by atoms with Gasteiger partial charge in [0.15, 0.2) is 0 Å². The zero-order valence-electron chi connectivity index (χ0n) is 12.0. The Bertz CT molecular complexity index is 482. The number of carbonyl (C=O) groups excluding carboxylic acids is 4. The average molecular weight is 310 g/mol. The van der Waals surface area contributed by atoms with Crippen LogP contribution in [-0.2, 0) is 24.0 Å². The highest BCUT2D eigenvalue weighted by molar-refractivity contribution is 6.12. The fourth-order valence-electron chi connectivity index (χ4n) is 1.98. The van der Waals surface area contributed by atoms with Gasteiger partial charge in [0.25, 0.3) is 11.8 Å². The number of rotatable bonds is 10. The monoisotopic (exact) mass is 310 g/mol. The number of hydrogen-bond donors (Lipinski definition) is 2. The lowest BCUT2D eigenvalue weighted by molar-refractivity contribution is -0.139. The van der Waals surface area contributed by atoms with Crippen LogP contribution in [0.4, 0.5) is 0 Å². The Morgan fingerprint density at radius 1 is 1.18 bits per heavy atom. The summed E-state index contributed by atoms with van der Waals surface area (Å²) in [7, 11) is 0. The first-order valence-electron chi connectivity index (χ1n) is 6.94. The minimum atomic E-state index is -1.16. The minimum Gasteiger partial charge on any atom is -0.481 e. The molecule has 0 saturated heterocycles. The molecule has 1 rings (SSSR count). The molecule has 0 fully saturated rings. The van der Waals surface area contributed by atoms with E-state index in [9.17, 15) is 24.0 Å². The zero-order chi connectivity index (χ0) is 16.5. The van der Waals surface area contributed by atoms with Gasteiger partial charge < -0.3 is 15.2 Å². The molecule has 0 radical (unpaired) electrons. The molecule has 8 heteroatoms. The molecule has 0 aromatic rings. The lowest BCUT2D eigenvalue weighted by atomic mass is 10.1. The Hall–Kier alpha value is -2.51. The molecule has 3 amide bonds. The van der Waals surface area contributed by atoms with Crippen LogP contribution in [-0.4, -0.2) is 52.6 Å². The quantitative estimate of drug-likeness (QED) is 0.322. The molecule has 1 aliphatic rings. The average Bonchev–Trinajstić information content (AvgIpc) is 2.77. The fraction of sp³-hybridized carbons (Fsp3) is 0.500. The number of carboxylic acids is 1. The van der Waals surface area contributed by atoms with E-state index >= 15 is 0 Å². The van der Waals surface area contributed by atoms with Gasteiger partial charge in [0, 0.05) is 25.1 Å². The van der Waals surface area contributed by atoms with Gasteiger partial charge in [0.1, 0.15) is 6.29 Å². The molecular weight excluding hydrogens is 292 g/mol. The Morgan fingerprint density at radius 2 is 1.82 bits per heavy atom. The van der Waals surface area contributed by atoms with Gasteiger partial charge in [-0.1, -0.05) is 6.42 Å². The molecule has 0 aliphatic carbocycles. The van der Waals surface area contributed by atoms with Crippen LogP contribution in [0.1, 0.15) is 32.1 Å². The summed E-state index contributed by atoms with van der Waals surface area (Å²) in [6.45, 7) is 0.308. The molecule has 22 heavy (non-hydrogen) atoms. The fourth-order valence-corrected chi connectivity index (χ4v) is 1.98. The number of imide groups is 1. The van der Waals surface area contributed by atoms with E-state index in [2.05, 4.69) is 5.32 Å². The van der Waals surface area contributed by atoms with E-state index in [-0.39, 0.29) is 18.2 Å². The van der Waals surface area contributed by atoms with Crippen LogP contribution in [0.3, 0.4) is 0 Å². The molecule has 0 aromatic heterocycles. The predicted octanol–water partition coefficient (Wildman–Crippen LogP) is -0.370. The second-order valence-electron chi connectivity index (χ2n) is 4.88. The van der Waals surface area contributed by atoms with E-state index < -0.39 is 24.3 Å². The number of amides is 3. The smallest absolute Gasteiger partial charge is 0.305 e. The van der Waals surface area contributed by atoms with Gasteiger partial charge in [0.05, 0.1) is 12.5 Å². The van der Waals surface area contributed by atoms with Crippen molar-refractivity contribution in [2.24, 2.45) is 0 Å². The van der Waals surface area contributed by atoms with Crippen LogP contribution < -0.4 is 5.32 Å². The van der Waals surface area contributed by atoms with Crippen molar-refractivity contribution >= 4 is 30.0 Å². The maximum absolute atomic E-state index is 11.5. The maximum atomic E-state index is 11.5. The molecule has 0 spiro atoms. The number of hydrogen-bond acceptors (Lipinski definition) is 5. The standard InChI is InChI=1S/C14H18N2O6/c17-9-10(8-14(21)22)15-11(18)4-2-1-3-7-16-12(19)5-6-13(16)20/h5-6,9-10H,1-4,7-8H2,(H,15,18)(H,21,22). The highest BCUT2D eigenvalue weighted by Crippen LogP contribution is 2.07. The number of nitrogens with one attached hydrogen (secondary N) is 1. The van der Waals surface area contributed by atoms with Gasteiger partial charge in [0.2, 0.25) is 5.91 Å². The molecule has 0 aromatic carbocycles. The predicted molar refractivity (Wildman–Crippen MR) is 74.6 cm³/mol. The summed E-state index contributed by atoms with van der Waals surface area (Å²) < 4.78 is 0. The third-order valence-electron chi connectivity index (χ3n) is 3.09. The Morgan fingerprint density at radius 3 is 2.36 bits per heavy atom. The van der Waals surface area contributed by atoms with Crippen molar-refractivity contribution in [1.82, 2.24) is 10.2 Å². The SMILES string of the molecule is O=CC(CC(=O)O)NC(=O)CCCCCN1C(=O)C=CC1=O. The van der Waals surface area contributed by atoms with Gasteiger partial charge in [-0.3, -0.25) is 24.1 Å². The highest BCUT2D eigenvalue weighted by Gasteiger charge is 2.22. The lowest BCUT2D eigenvalue weighted by Gasteiger charge is -2.13. The van der Waals surface area contributed by atoms with Crippen molar-refractivity contribution in [2.75, 3.05) is 6.54 Å². The first kappa shape index (κ1) is 17.5. The largest absolute Gasteiger partial charge is 0.481 e. The summed E-state index contributed by atoms with van der Waals surface area (Å²) in [5, 5.41) is 10.9. The van der Waals surface area contributed by atoms with E-state index in [4.69, 9.17) is 5.11 Å². The van der Waals surface area contributed by atoms with Crippen LogP contribution in [0, 0.1) is 0 Å². The summed E-state index contributed by atoms with van der Waals surface area (Å²) in [5.41, 5.74) is 0. The molecule has 0 bridgehead atoms. The summed E-state index contributed by atoms with van der Waals surface area (Å²) in [5.74, 6) is -2.21. The molecule has 2 N–H and O–H groups in total. The lowest BCUT2D eigenvalue weighted by Crippen LogP contribution is -2.37. The van der Waals surface area contributed by atoms with Gasteiger partial charge in [-0.25, -0.2) is 0 Å². The van der Waals surface area contributed by atoms with E-state index in [1.54, 1.807) is 0 Å². The van der Waals surface area contributed by atoms with Gasteiger partial charge in [-0.15, -0.1) is 0 Å². The van der Waals surface area contributed by atoms with Crippen LogP contribution >= 0.6 is 0 Å². The second-order valence-corrected chi connectivity index (χ2v) is 4.88. The Kier molecular flexibility index (Phi) is 6.94. The highest BCUT2D eigenvalue weighted by atomic mass is 16.4. The topological polar surface area (TPSA) is 121 Å². The van der Waals surface area contributed by atoms with Crippen LogP contribution in [0.2, 0.25) is 0 Å². The number of unbranched alkanes of at least 4 members (excludes halogenated alkanes) is 2. The third-order valence-corrected chi connectivity index (χ3v) is 3.09. The summed E-state index contributed by atoms with van der Waals surface area (Å²) in [6, 6.07) is -1.02. The van der Waals surface area contributed by atoms with Crippen LogP contribution in [0.25, 0.3) is 0 Å². The summed E-state index contributed by atoms with van der Waals surface area (Å²) >= 11 is 0. The van der Waals surface area contributed by atoms with Crippen molar-refractivity contribution in [3.05, 3.63) is 12.2 Å². The molecule has 0 saturated carbocycles. The van der Waals surface area contributed by atoms with Crippen LogP contribution in [0.5, 0.6) is 0 Å². The van der Waals surface area contributed by atoms with E-state index in [0.717, 1.165) is 4.90 Å². The van der Waals surface area contributed by atoms with Crippen molar-refractivity contribution in [3.63, 3.8) is 0 Å². The third kappa shape index (κ3) is 5.86. The number of carboxylic acid groups (broad SMARTS) is 1. The molecular formula is C14H18N2O6. The maximum Gasteiger partial charge on any atom is 0.305 e. The number of carbonyl (C=O) groups is 5. The van der Waals surface area contributed by atoms with Crippen molar-refractivity contribution in [2.45, 2.75) is 38.1 Å². The van der Waals surface area contributed by atoms with E-state index in [1.165, 1.54) is 12.2 Å². The molecule has 1 aliphatic heterocycles. The molecule has 1 heterocycles. The molecule has 120 valence electrons. The van der Waals surface area contributed by atoms with Crippen LogP contribution in [0.15, 0.2) is 12.2 Å². The summed E-state index contributed by atoms with van der Waals surface area (Å²) in [4.78, 5) is 56.3. The normalized spacial score (nSPS) is 15.0. The number of aldehydes is 1. The molecule has 8 nitrogen and oxygen atoms in total. The summed E-state index contributed by atoms with van der Waals surface area (Å²) in [6.07, 6.45) is 4.28. The van der Waals surface area contributed by atoms with Gasteiger partial charge in [-0.05, 0) is 12.8 Å². The van der Waals surface area contributed by atoms with Gasteiger partial charge in [-0.2, -0.15) is 0 Å². The first-order chi connectivity index (χ1) is 10.4. The van der Waals surface area contributed by atoms with Crippen molar-refractivity contribution in [3.8, 4) is 0 Å². The number of aliphatic carboxylic acids is 1. The molecule has 1 unspecified atom stereocenters. The number of nitrogens with zero attached hydrogens (tertiary/aromatic N) is 1. The first-order valence-corrected chi connectivity index (χ1v) is 6.94. The Labute approximate surface area is 127 Å². The second kappa shape index (κ2) is 8.71. The van der Waals surface area contributed by atoms with Crippen molar-refractivity contribution in [1.29, 1.82) is 0 Å².